The second-order valence-electron chi connectivity index (χ2n) is 6.74. The maximum absolute atomic E-state index is 12.4. The van der Waals surface area contributed by atoms with Crippen LogP contribution in [0, 0.1) is 0 Å². The van der Waals surface area contributed by atoms with Crippen LogP contribution in [-0.2, 0) is 28.5 Å². The number of esters is 4. The lowest BCUT2D eigenvalue weighted by atomic mass is 10.1. The second kappa shape index (κ2) is 11.5. The fourth-order valence-electron chi connectivity index (χ4n) is 2.02. The molecule has 8 heteroatoms. The van der Waals surface area contributed by atoms with E-state index in [1.165, 1.54) is 26.0 Å². The molecule has 0 aromatic heterocycles. The fraction of sp³-hybridized carbons (Fsp3) is 0.364. The Morgan fingerprint density at radius 3 is 1.40 bits per heavy atom. The third-order valence-corrected chi connectivity index (χ3v) is 3.58. The Morgan fingerprint density at radius 1 is 0.767 bits per heavy atom. The first-order chi connectivity index (χ1) is 14.0. The molecule has 2 atom stereocenters. The summed E-state index contributed by atoms with van der Waals surface area (Å²) in [4.78, 5) is 47.7. The van der Waals surface area contributed by atoms with E-state index in [4.69, 9.17) is 18.9 Å². The Labute approximate surface area is 175 Å². The van der Waals surface area contributed by atoms with Crippen LogP contribution in [-0.4, -0.2) is 49.3 Å². The van der Waals surface area contributed by atoms with Gasteiger partial charge in [0.2, 0.25) is 0 Å². The van der Waals surface area contributed by atoms with E-state index in [-0.39, 0.29) is 35.5 Å². The molecule has 1 aromatic rings. The average molecular weight is 418 g/mol. The van der Waals surface area contributed by atoms with Crippen molar-refractivity contribution in [2.75, 3.05) is 13.2 Å². The zero-order valence-electron chi connectivity index (χ0n) is 17.6. The Balaban J connectivity index is 2.70. The highest BCUT2D eigenvalue weighted by molar-refractivity contribution is 6.03. The normalized spacial score (nSPS) is 12.1. The minimum absolute atomic E-state index is 0.00693. The molecule has 0 aliphatic rings. The number of hydrogen-bond acceptors (Lipinski definition) is 8. The third kappa shape index (κ3) is 7.90. The van der Waals surface area contributed by atoms with Gasteiger partial charge in [0, 0.05) is 11.1 Å². The lowest BCUT2D eigenvalue weighted by Gasteiger charge is -2.15. The Morgan fingerprint density at radius 2 is 1.10 bits per heavy atom. The fourth-order valence-corrected chi connectivity index (χ4v) is 2.02. The first-order valence-electron chi connectivity index (χ1n) is 9.19. The zero-order chi connectivity index (χ0) is 22.8. The van der Waals surface area contributed by atoms with Gasteiger partial charge in [-0.25, -0.2) is 19.2 Å². The van der Waals surface area contributed by atoms with Gasteiger partial charge in [0.15, 0.2) is 0 Å². The molecule has 1 rings (SSSR count). The maximum Gasteiger partial charge on any atom is 0.339 e. The average Bonchev–Trinajstić information content (AvgIpc) is 2.69. The Hall–Kier alpha value is -3.42. The van der Waals surface area contributed by atoms with Crippen molar-refractivity contribution in [3.63, 3.8) is 0 Å². The molecule has 162 valence electrons. The van der Waals surface area contributed by atoms with Crippen LogP contribution in [0.15, 0.2) is 48.6 Å². The largest absolute Gasteiger partial charge is 0.458 e. The summed E-state index contributed by atoms with van der Waals surface area (Å²) < 4.78 is 20.3. The van der Waals surface area contributed by atoms with Crippen molar-refractivity contribution in [2.24, 2.45) is 0 Å². The van der Waals surface area contributed by atoms with E-state index < -0.39 is 36.1 Å². The summed E-state index contributed by atoms with van der Waals surface area (Å²) in [6.07, 6.45) is -1.39. The quantitative estimate of drug-likeness (QED) is 0.324. The molecule has 2 unspecified atom stereocenters. The van der Waals surface area contributed by atoms with Crippen molar-refractivity contribution in [2.45, 2.75) is 39.9 Å². The molecule has 0 bridgehead atoms. The molecule has 0 fully saturated rings. The van der Waals surface area contributed by atoms with Crippen LogP contribution in [0.4, 0.5) is 0 Å². The van der Waals surface area contributed by atoms with Gasteiger partial charge < -0.3 is 18.9 Å². The molecule has 0 spiro atoms. The molecule has 0 saturated carbocycles. The van der Waals surface area contributed by atoms with Crippen LogP contribution in [0.1, 0.15) is 48.4 Å². The number of hydrogen-bond donors (Lipinski definition) is 0. The van der Waals surface area contributed by atoms with Crippen molar-refractivity contribution in [1.29, 1.82) is 0 Å². The molecule has 1 aromatic carbocycles. The zero-order valence-corrected chi connectivity index (χ0v) is 17.6. The highest BCUT2D eigenvalue weighted by Gasteiger charge is 2.21. The van der Waals surface area contributed by atoms with E-state index in [2.05, 4.69) is 13.2 Å². The van der Waals surface area contributed by atoms with Crippen LogP contribution < -0.4 is 0 Å². The van der Waals surface area contributed by atoms with E-state index in [0.717, 1.165) is 0 Å². The number of carbonyl (C=O) groups excluding carboxylic acids is 4. The van der Waals surface area contributed by atoms with E-state index in [1.807, 2.05) is 0 Å². The smallest absolute Gasteiger partial charge is 0.339 e. The van der Waals surface area contributed by atoms with Crippen molar-refractivity contribution in [3.8, 4) is 0 Å². The molecular weight excluding hydrogens is 392 g/mol. The monoisotopic (exact) mass is 418 g/mol. The number of ether oxygens (including phenoxy) is 4. The van der Waals surface area contributed by atoms with Crippen LogP contribution in [0.2, 0.25) is 0 Å². The van der Waals surface area contributed by atoms with Crippen LogP contribution in [0.3, 0.4) is 0 Å². The highest BCUT2D eigenvalue weighted by Crippen LogP contribution is 2.13. The van der Waals surface area contributed by atoms with Crippen molar-refractivity contribution < 1.29 is 38.1 Å². The van der Waals surface area contributed by atoms with E-state index >= 15 is 0 Å². The summed E-state index contributed by atoms with van der Waals surface area (Å²) in [5.74, 6) is -2.74. The van der Waals surface area contributed by atoms with Gasteiger partial charge in [0.1, 0.15) is 25.4 Å². The number of carbonyl (C=O) groups is 4. The molecule has 0 amide bonds. The van der Waals surface area contributed by atoms with Gasteiger partial charge in [-0.15, -0.1) is 0 Å². The van der Waals surface area contributed by atoms with Gasteiger partial charge in [-0.05, 0) is 39.8 Å². The van der Waals surface area contributed by atoms with Gasteiger partial charge >= 0.3 is 23.9 Å². The van der Waals surface area contributed by atoms with Gasteiger partial charge in [0.05, 0.1) is 11.1 Å². The molecule has 30 heavy (non-hydrogen) atoms. The van der Waals surface area contributed by atoms with Gasteiger partial charge in [-0.2, -0.15) is 0 Å². The predicted molar refractivity (Wildman–Crippen MR) is 108 cm³/mol. The molecule has 0 aliphatic carbocycles. The summed E-state index contributed by atoms with van der Waals surface area (Å²) in [6, 6.07) is 5.95. The van der Waals surface area contributed by atoms with E-state index in [1.54, 1.807) is 26.0 Å². The summed E-state index contributed by atoms with van der Waals surface area (Å²) in [7, 11) is 0. The first kappa shape index (κ1) is 24.6. The molecule has 0 saturated heterocycles. The third-order valence-electron chi connectivity index (χ3n) is 3.58. The minimum atomic E-state index is -0.775. The predicted octanol–water partition coefficient (Wildman–Crippen LogP) is 3.02. The van der Waals surface area contributed by atoms with Crippen LogP contribution in [0.25, 0.3) is 0 Å². The molecule has 0 heterocycles. The van der Waals surface area contributed by atoms with Gasteiger partial charge in [-0.1, -0.05) is 25.3 Å². The summed E-state index contributed by atoms with van der Waals surface area (Å²) >= 11 is 0. The van der Waals surface area contributed by atoms with Crippen molar-refractivity contribution in [1.82, 2.24) is 0 Å². The van der Waals surface area contributed by atoms with Crippen LogP contribution in [0.5, 0.6) is 0 Å². The minimum Gasteiger partial charge on any atom is -0.458 e. The molecule has 0 N–H and O–H groups in total. The standard InChI is InChI=1S/C22H26O8/c1-13(2)19(23)29-15(5)11-27-21(25)17-9-7-8-10-18(17)22(26)28-12-16(6)30-20(24)14(3)4/h7-10,15-16H,1,3,11-12H2,2,4-6H3. The SMILES string of the molecule is C=C(C)C(=O)OC(C)COC(=O)c1ccccc1C(=O)OCC(C)OC(=O)C(=C)C. The molecule has 8 nitrogen and oxygen atoms in total. The van der Waals surface area contributed by atoms with Crippen molar-refractivity contribution >= 4 is 23.9 Å². The molecule has 0 aliphatic heterocycles. The first-order valence-corrected chi connectivity index (χ1v) is 9.19. The summed E-state index contributed by atoms with van der Waals surface area (Å²) in [6.45, 7) is 12.7. The molecular formula is C22H26O8. The molecule has 0 radical (unpaired) electrons. The maximum atomic E-state index is 12.4. The van der Waals surface area contributed by atoms with E-state index in [0.29, 0.717) is 0 Å². The summed E-state index contributed by atoms with van der Waals surface area (Å²) in [5, 5.41) is 0. The van der Waals surface area contributed by atoms with Gasteiger partial charge in [-0.3, -0.25) is 0 Å². The Kier molecular flexibility index (Phi) is 9.48. The number of rotatable bonds is 10. The highest BCUT2D eigenvalue weighted by atomic mass is 16.6. The van der Waals surface area contributed by atoms with Crippen LogP contribution >= 0.6 is 0 Å². The van der Waals surface area contributed by atoms with Crippen molar-refractivity contribution in [3.05, 3.63) is 59.7 Å². The second-order valence-corrected chi connectivity index (χ2v) is 6.74. The topological polar surface area (TPSA) is 105 Å². The summed E-state index contributed by atoms with van der Waals surface area (Å²) in [5.41, 5.74) is 0.439. The van der Waals surface area contributed by atoms with E-state index in [9.17, 15) is 19.2 Å². The Bertz CT molecular complexity index is 770. The van der Waals surface area contributed by atoms with Gasteiger partial charge in [0.25, 0.3) is 0 Å². The number of benzene rings is 1. The lowest BCUT2D eigenvalue weighted by Crippen LogP contribution is -2.25. The lowest BCUT2D eigenvalue weighted by molar-refractivity contribution is -0.146.